The molecule has 1 saturated carbocycles. The summed E-state index contributed by atoms with van der Waals surface area (Å²) in [6.07, 6.45) is 6.06. The topological polar surface area (TPSA) is 72.2 Å². The van der Waals surface area contributed by atoms with Crippen LogP contribution in [0.15, 0.2) is 12.5 Å². The largest absolute Gasteiger partial charge is 0.387 e. The Kier molecular flexibility index (Phi) is 4.07. The van der Waals surface area contributed by atoms with Crippen molar-refractivity contribution in [3.05, 3.63) is 18.2 Å². The first kappa shape index (κ1) is 13.5. The molecule has 1 atom stereocenters. The Bertz CT molecular complexity index is 491. The molecule has 2 rings (SSSR count). The number of aliphatic hydroxyl groups is 1. The van der Waals surface area contributed by atoms with E-state index in [1.54, 1.807) is 19.4 Å². The van der Waals surface area contributed by atoms with E-state index in [4.69, 9.17) is 0 Å². The Labute approximate surface area is 108 Å². The molecule has 1 aromatic heterocycles. The zero-order chi connectivity index (χ0) is 13.2. The Morgan fingerprint density at radius 1 is 1.56 bits per heavy atom. The van der Waals surface area contributed by atoms with E-state index in [2.05, 4.69) is 4.98 Å². The molecule has 0 saturated heterocycles. The third-order valence-corrected chi connectivity index (χ3v) is 5.14. The van der Waals surface area contributed by atoms with Crippen LogP contribution < -0.4 is 0 Å². The minimum absolute atomic E-state index is 0.151. The highest BCUT2D eigenvalue weighted by molar-refractivity contribution is 7.91. The lowest BCUT2D eigenvalue weighted by Crippen LogP contribution is -2.11. The van der Waals surface area contributed by atoms with Crippen molar-refractivity contribution >= 4 is 9.84 Å². The molecule has 1 heterocycles. The van der Waals surface area contributed by atoms with Crippen molar-refractivity contribution in [1.82, 2.24) is 9.55 Å². The van der Waals surface area contributed by atoms with Gasteiger partial charge in [0.15, 0.2) is 0 Å². The number of rotatable bonds is 7. The Morgan fingerprint density at radius 3 is 2.89 bits per heavy atom. The van der Waals surface area contributed by atoms with Gasteiger partial charge in [-0.25, -0.2) is 13.4 Å². The van der Waals surface area contributed by atoms with Crippen molar-refractivity contribution in [3.8, 4) is 0 Å². The van der Waals surface area contributed by atoms with Crippen molar-refractivity contribution in [1.29, 1.82) is 0 Å². The molecule has 1 fully saturated rings. The second-order valence-corrected chi connectivity index (χ2v) is 7.32. The standard InChI is InChI=1S/C12H20N2O3S/c1-2-18(16,17)7-3-4-12(15)11-8-13-9-14(11)10-5-6-10/h8-10,12,15H,2-7H2,1H3. The van der Waals surface area contributed by atoms with Gasteiger partial charge >= 0.3 is 0 Å². The lowest BCUT2D eigenvalue weighted by Gasteiger charge is -2.13. The number of aliphatic hydroxyl groups excluding tert-OH is 1. The van der Waals surface area contributed by atoms with Crippen LogP contribution in [0.5, 0.6) is 0 Å². The third-order valence-electron chi connectivity index (χ3n) is 3.35. The number of aromatic nitrogens is 2. The van der Waals surface area contributed by atoms with Crippen LogP contribution in [0.4, 0.5) is 0 Å². The van der Waals surface area contributed by atoms with E-state index < -0.39 is 15.9 Å². The van der Waals surface area contributed by atoms with E-state index in [1.165, 1.54) is 0 Å². The summed E-state index contributed by atoms with van der Waals surface area (Å²) in [7, 11) is -2.93. The van der Waals surface area contributed by atoms with Crippen LogP contribution in [-0.4, -0.2) is 34.6 Å². The molecule has 102 valence electrons. The average molecular weight is 272 g/mol. The van der Waals surface area contributed by atoms with Gasteiger partial charge < -0.3 is 9.67 Å². The smallest absolute Gasteiger partial charge is 0.150 e. The molecule has 0 spiro atoms. The van der Waals surface area contributed by atoms with Crippen molar-refractivity contribution in [2.75, 3.05) is 11.5 Å². The lowest BCUT2D eigenvalue weighted by atomic mass is 10.1. The third kappa shape index (κ3) is 3.32. The van der Waals surface area contributed by atoms with E-state index in [-0.39, 0.29) is 11.5 Å². The molecule has 0 amide bonds. The van der Waals surface area contributed by atoms with Gasteiger partial charge in [-0.1, -0.05) is 6.92 Å². The molecule has 1 unspecified atom stereocenters. The number of hydrogen-bond acceptors (Lipinski definition) is 4. The number of hydrogen-bond donors (Lipinski definition) is 1. The summed E-state index contributed by atoms with van der Waals surface area (Å²) >= 11 is 0. The Balaban J connectivity index is 1.88. The molecular weight excluding hydrogens is 252 g/mol. The minimum Gasteiger partial charge on any atom is -0.387 e. The minimum atomic E-state index is -2.93. The van der Waals surface area contributed by atoms with Crippen LogP contribution in [-0.2, 0) is 9.84 Å². The fourth-order valence-electron chi connectivity index (χ4n) is 2.02. The van der Waals surface area contributed by atoms with Gasteiger partial charge in [0.25, 0.3) is 0 Å². The summed E-state index contributed by atoms with van der Waals surface area (Å²) in [5, 5.41) is 10.1. The Hall–Kier alpha value is -0.880. The number of nitrogens with zero attached hydrogens (tertiary/aromatic N) is 2. The van der Waals surface area contributed by atoms with Crippen LogP contribution in [0.2, 0.25) is 0 Å². The molecule has 1 N–H and O–H groups in total. The van der Waals surface area contributed by atoms with Crippen molar-refractivity contribution in [2.24, 2.45) is 0 Å². The van der Waals surface area contributed by atoms with Crippen molar-refractivity contribution < 1.29 is 13.5 Å². The van der Waals surface area contributed by atoms with Gasteiger partial charge in [-0.3, -0.25) is 0 Å². The van der Waals surface area contributed by atoms with Gasteiger partial charge in [-0.15, -0.1) is 0 Å². The van der Waals surface area contributed by atoms with E-state index in [1.807, 2.05) is 4.57 Å². The lowest BCUT2D eigenvalue weighted by molar-refractivity contribution is 0.157. The molecule has 0 bridgehead atoms. The van der Waals surface area contributed by atoms with Crippen LogP contribution in [0.3, 0.4) is 0 Å². The predicted octanol–water partition coefficient (Wildman–Crippen LogP) is 1.47. The molecule has 1 aliphatic rings. The zero-order valence-corrected chi connectivity index (χ0v) is 11.4. The predicted molar refractivity (Wildman–Crippen MR) is 69.0 cm³/mol. The molecule has 6 heteroatoms. The van der Waals surface area contributed by atoms with Gasteiger partial charge in [0.1, 0.15) is 9.84 Å². The second-order valence-electron chi connectivity index (χ2n) is 4.85. The fourth-order valence-corrected chi connectivity index (χ4v) is 2.91. The SMILES string of the molecule is CCS(=O)(=O)CCCC(O)c1cncn1C1CC1. The summed E-state index contributed by atoms with van der Waals surface area (Å²) in [5.74, 6) is 0.321. The first-order valence-corrected chi connectivity index (χ1v) is 8.26. The average Bonchev–Trinajstić information content (AvgIpc) is 3.06. The van der Waals surface area contributed by atoms with E-state index in [0.29, 0.717) is 18.9 Å². The van der Waals surface area contributed by atoms with Crippen LogP contribution in [0.25, 0.3) is 0 Å². The highest BCUT2D eigenvalue weighted by Gasteiger charge is 2.27. The maximum Gasteiger partial charge on any atom is 0.150 e. The number of sulfone groups is 1. The molecule has 1 aromatic rings. The van der Waals surface area contributed by atoms with Crippen LogP contribution in [0.1, 0.15) is 50.4 Å². The van der Waals surface area contributed by atoms with Gasteiger partial charge in [-0.2, -0.15) is 0 Å². The first-order chi connectivity index (χ1) is 8.53. The number of imidazole rings is 1. The summed E-state index contributed by atoms with van der Waals surface area (Å²) < 4.78 is 24.7. The quantitative estimate of drug-likeness (QED) is 0.815. The summed E-state index contributed by atoms with van der Waals surface area (Å²) in [4.78, 5) is 4.06. The monoisotopic (exact) mass is 272 g/mol. The van der Waals surface area contributed by atoms with E-state index in [0.717, 1.165) is 18.5 Å². The van der Waals surface area contributed by atoms with Gasteiger partial charge in [0, 0.05) is 11.8 Å². The fraction of sp³-hybridized carbons (Fsp3) is 0.750. The maximum atomic E-state index is 11.4. The van der Waals surface area contributed by atoms with Gasteiger partial charge in [0.2, 0.25) is 0 Å². The van der Waals surface area contributed by atoms with E-state index >= 15 is 0 Å². The highest BCUT2D eigenvalue weighted by Crippen LogP contribution is 2.37. The maximum absolute atomic E-state index is 11.4. The molecule has 5 nitrogen and oxygen atoms in total. The van der Waals surface area contributed by atoms with Gasteiger partial charge in [0.05, 0.1) is 30.1 Å². The van der Waals surface area contributed by atoms with E-state index in [9.17, 15) is 13.5 Å². The highest BCUT2D eigenvalue weighted by atomic mass is 32.2. The summed E-state index contributed by atoms with van der Waals surface area (Å²) in [6.45, 7) is 1.65. The normalized spacial score (nSPS) is 17.9. The summed E-state index contributed by atoms with van der Waals surface area (Å²) in [6, 6.07) is 0.483. The first-order valence-electron chi connectivity index (χ1n) is 6.43. The molecular formula is C12H20N2O3S. The molecule has 1 aliphatic carbocycles. The second kappa shape index (κ2) is 5.40. The van der Waals surface area contributed by atoms with Crippen LogP contribution in [0, 0.1) is 0 Å². The van der Waals surface area contributed by atoms with Crippen molar-refractivity contribution in [2.45, 2.75) is 44.8 Å². The molecule has 0 radical (unpaired) electrons. The molecule has 18 heavy (non-hydrogen) atoms. The van der Waals surface area contributed by atoms with Crippen LogP contribution >= 0.6 is 0 Å². The molecule has 0 aliphatic heterocycles. The summed E-state index contributed by atoms with van der Waals surface area (Å²) in [5.41, 5.74) is 0.811. The van der Waals surface area contributed by atoms with Gasteiger partial charge in [-0.05, 0) is 25.7 Å². The van der Waals surface area contributed by atoms with Crippen molar-refractivity contribution in [3.63, 3.8) is 0 Å². The molecule has 0 aromatic carbocycles. The zero-order valence-electron chi connectivity index (χ0n) is 10.6. The Morgan fingerprint density at radius 2 is 2.28 bits per heavy atom.